The minimum atomic E-state index is -0.990. The predicted molar refractivity (Wildman–Crippen MR) is 136 cm³/mol. The number of methoxy groups -OCH3 is 2. The number of aliphatic hydroxyl groups is 1. The van der Waals surface area contributed by atoms with Crippen LogP contribution >= 0.6 is 0 Å². The fourth-order valence-electron chi connectivity index (χ4n) is 10.6. The SMILES string of the molecule is COC(=O)[C@@H]1C[C@H](O)[C@@]2(C)[C@@H](C[C@@H](C(=O)OC)[C@]3(C)[C@H]2CC[C@@]2(C)[C@H](c4ccoc4)OC(=O)[C@H]4O[C@@]432)C1(C)C. The van der Waals surface area contributed by atoms with Crippen LogP contribution in [0.5, 0.6) is 0 Å². The summed E-state index contributed by atoms with van der Waals surface area (Å²) in [6, 6.07) is 1.81. The summed E-state index contributed by atoms with van der Waals surface area (Å²) in [5.74, 6) is -2.64. The van der Waals surface area contributed by atoms with Crippen LogP contribution in [0.3, 0.4) is 0 Å². The van der Waals surface area contributed by atoms with Crippen molar-refractivity contribution >= 4 is 17.9 Å². The minimum absolute atomic E-state index is 0.182. The molecule has 1 aromatic rings. The minimum Gasteiger partial charge on any atom is -0.472 e. The van der Waals surface area contributed by atoms with E-state index in [1.54, 1.807) is 12.5 Å². The van der Waals surface area contributed by atoms with Crippen molar-refractivity contribution in [1.82, 2.24) is 0 Å². The lowest BCUT2D eigenvalue weighted by Gasteiger charge is -2.71. The number of carbonyl (C=O) groups excluding carboxylic acids is 3. The molecule has 1 spiro atoms. The highest BCUT2D eigenvalue weighted by Gasteiger charge is 2.89. The zero-order chi connectivity index (χ0) is 28.3. The fourth-order valence-corrected chi connectivity index (χ4v) is 10.6. The van der Waals surface area contributed by atoms with E-state index in [-0.39, 0.29) is 30.2 Å². The first-order chi connectivity index (χ1) is 18.3. The molecule has 214 valence electrons. The lowest BCUT2D eigenvalue weighted by molar-refractivity contribution is -0.277. The fraction of sp³-hybridized carbons (Fsp3) is 0.767. The number of ether oxygens (including phenoxy) is 4. The summed E-state index contributed by atoms with van der Waals surface area (Å²) in [6.07, 6.45) is 2.98. The molecule has 9 heteroatoms. The lowest BCUT2D eigenvalue weighted by atomic mass is 9.32. The Morgan fingerprint density at radius 2 is 1.64 bits per heavy atom. The normalized spacial score (nSPS) is 49.3. The highest BCUT2D eigenvalue weighted by atomic mass is 16.7. The summed E-state index contributed by atoms with van der Waals surface area (Å²) < 4.78 is 28.5. The molecule has 0 amide bonds. The molecule has 11 atom stereocenters. The molecule has 3 saturated carbocycles. The Kier molecular flexibility index (Phi) is 5.56. The molecule has 5 aliphatic rings. The number of carbonyl (C=O) groups is 3. The highest BCUT2D eigenvalue weighted by Crippen LogP contribution is 2.81. The average molecular weight is 545 g/mol. The lowest BCUT2D eigenvalue weighted by Crippen LogP contribution is -2.74. The maximum absolute atomic E-state index is 13.7. The van der Waals surface area contributed by atoms with E-state index in [4.69, 9.17) is 23.4 Å². The van der Waals surface area contributed by atoms with Crippen LogP contribution in [-0.4, -0.2) is 55.0 Å². The van der Waals surface area contributed by atoms with Gasteiger partial charge in [-0.15, -0.1) is 0 Å². The molecule has 0 bridgehead atoms. The summed E-state index contributed by atoms with van der Waals surface area (Å²) >= 11 is 0. The summed E-state index contributed by atoms with van der Waals surface area (Å²) in [6.45, 7) is 10.4. The van der Waals surface area contributed by atoms with Gasteiger partial charge in [-0.05, 0) is 49.0 Å². The average Bonchev–Trinajstić information content (AvgIpc) is 3.47. The van der Waals surface area contributed by atoms with Gasteiger partial charge in [0.05, 0.1) is 44.7 Å². The number of esters is 3. The Bertz CT molecular complexity index is 1210. The largest absolute Gasteiger partial charge is 0.472 e. The van der Waals surface area contributed by atoms with Crippen molar-refractivity contribution in [3.8, 4) is 0 Å². The molecule has 39 heavy (non-hydrogen) atoms. The molecule has 2 saturated heterocycles. The molecule has 1 N–H and O–H groups in total. The van der Waals surface area contributed by atoms with Crippen molar-refractivity contribution in [1.29, 1.82) is 0 Å². The van der Waals surface area contributed by atoms with Crippen LogP contribution in [-0.2, 0) is 33.3 Å². The van der Waals surface area contributed by atoms with Crippen molar-refractivity contribution < 1.29 is 42.9 Å². The summed E-state index contributed by atoms with van der Waals surface area (Å²) in [5.41, 5.74) is -2.92. The summed E-state index contributed by atoms with van der Waals surface area (Å²) in [5, 5.41) is 11.9. The van der Waals surface area contributed by atoms with Gasteiger partial charge in [0.25, 0.3) is 0 Å². The predicted octanol–water partition coefficient (Wildman–Crippen LogP) is 3.83. The topological polar surface area (TPSA) is 125 Å². The highest BCUT2D eigenvalue weighted by molar-refractivity contribution is 5.84. The van der Waals surface area contributed by atoms with E-state index in [0.717, 1.165) is 5.56 Å². The maximum Gasteiger partial charge on any atom is 0.339 e. The van der Waals surface area contributed by atoms with Crippen molar-refractivity contribution in [3.05, 3.63) is 24.2 Å². The summed E-state index contributed by atoms with van der Waals surface area (Å²) in [7, 11) is 2.76. The van der Waals surface area contributed by atoms with E-state index >= 15 is 0 Å². The Hall–Kier alpha value is -2.39. The van der Waals surface area contributed by atoms with E-state index in [2.05, 4.69) is 34.6 Å². The van der Waals surface area contributed by atoms with Gasteiger partial charge in [0.1, 0.15) is 11.7 Å². The first kappa shape index (κ1) is 26.8. The smallest absolute Gasteiger partial charge is 0.339 e. The molecule has 1 aromatic heterocycles. The van der Waals surface area contributed by atoms with Crippen molar-refractivity contribution in [2.45, 2.75) is 84.2 Å². The van der Waals surface area contributed by atoms with Crippen LogP contribution < -0.4 is 0 Å². The van der Waals surface area contributed by atoms with Crippen molar-refractivity contribution in [2.24, 2.45) is 45.3 Å². The van der Waals surface area contributed by atoms with Gasteiger partial charge in [-0.25, -0.2) is 4.79 Å². The van der Waals surface area contributed by atoms with Crippen LogP contribution in [0.15, 0.2) is 23.0 Å². The van der Waals surface area contributed by atoms with Gasteiger partial charge in [0, 0.05) is 21.8 Å². The zero-order valence-electron chi connectivity index (χ0n) is 23.8. The monoisotopic (exact) mass is 544 g/mol. The number of epoxide rings is 1. The van der Waals surface area contributed by atoms with E-state index in [9.17, 15) is 19.5 Å². The van der Waals surface area contributed by atoms with Gasteiger partial charge >= 0.3 is 17.9 Å². The molecule has 0 radical (unpaired) electrons. The molecule has 2 aliphatic heterocycles. The van der Waals surface area contributed by atoms with Gasteiger partial charge in [0.2, 0.25) is 0 Å². The molecular weight excluding hydrogens is 504 g/mol. The van der Waals surface area contributed by atoms with Crippen molar-refractivity contribution in [2.75, 3.05) is 14.2 Å². The van der Waals surface area contributed by atoms with Crippen LogP contribution in [0.1, 0.15) is 72.0 Å². The second-order valence-corrected chi connectivity index (χ2v) is 13.8. The molecule has 3 aliphatic carbocycles. The number of fused-ring (bicyclic) bond motifs is 3. The Morgan fingerprint density at radius 3 is 2.26 bits per heavy atom. The van der Waals surface area contributed by atoms with Gasteiger partial charge in [-0.2, -0.15) is 0 Å². The van der Waals surface area contributed by atoms with Crippen LogP contribution in [0.4, 0.5) is 0 Å². The molecule has 0 aromatic carbocycles. The second-order valence-electron chi connectivity index (χ2n) is 13.8. The third-order valence-corrected chi connectivity index (χ3v) is 12.5. The molecule has 3 heterocycles. The number of aliphatic hydroxyl groups excluding tert-OH is 1. The van der Waals surface area contributed by atoms with Crippen molar-refractivity contribution in [3.63, 3.8) is 0 Å². The molecule has 0 unspecified atom stereocenters. The van der Waals surface area contributed by atoms with Crippen LogP contribution in [0.2, 0.25) is 0 Å². The van der Waals surface area contributed by atoms with Gasteiger partial charge in [-0.1, -0.05) is 34.6 Å². The van der Waals surface area contributed by atoms with Crippen LogP contribution in [0.25, 0.3) is 0 Å². The number of furan rings is 1. The maximum atomic E-state index is 13.7. The first-order valence-electron chi connectivity index (χ1n) is 14.0. The third-order valence-electron chi connectivity index (χ3n) is 12.5. The first-order valence-corrected chi connectivity index (χ1v) is 14.0. The quantitative estimate of drug-likeness (QED) is 0.343. The number of cyclic esters (lactones) is 1. The molecular formula is C30H40O9. The molecule has 5 fully saturated rings. The molecule has 9 nitrogen and oxygen atoms in total. The number of hydrogen-bond acceptors (Lipinski definition) is 9. The van der Waals surface area contributed by atoms with E-state index in [0.29, 0.717) is 19.3 Å². The third kappa shape index (κ3) is 2.91. The zero-order valence-corrected chi connectivity index (χ0v) is 23.8. The summed E-state index contributed by atoms with van der Waals surface area (Å²) in [4.78, 5) is 40.0. The van der Waals surface area contributed by atoms with Gasteiger partial charge < -0.3 is 28.5 Å². The Balaban J connectivity index is 1.54. The standard InChI is InChI=1S/C30H40O9/c1-26(2)16(23(32)35-6)13-20(31)28(4)18-8-10-27(3)21(15-9-11-37-14-15)38-25(34)22-30(27,39-22)29(18,5)17(12-19(26)28)24(33)36-7/h9,11,14,16-22,31H,8,10,12-13H2,1-7H3/t16-,17-,18-,19-,20-,21-,22+,27-,28+,29+,30+/m0/s1. The van der Waals surface area contributed by atoms with Gasteiger partial charge in [0.15, 0.2) is 6.10 Å². The Morgan fingerprint density at radius 1 is 0.974 bits per heavy atom. The Labute approximate surface area is 228 Å². The van der Waals surface area contributed by atoms with Crippen LogP contribution in [0, 0.1) is 45.3 Å². The van der Waals surface area contributed by atoms with E-state index in [1.165, 1.54) is 14.2 Å². The number of hydrogen-bond donors (Lipinski definition) is 1. The van der Waals surface area contributed by atoms with E-state index < -0.39 is 63.4 Å². The van der Waals surface area contributed by atoms with E-state index in [1.807, 2.05) is 6.07 Å². The second kappa shape index (κ2) is 8.09. The molecule has 6 rings (SSSR count). The van der Waals surface area contributed by atoms with Gasteiger partial charge in [-0.3, -0.25) is 9.59 Å². The number of rotatable bonds is 3.